The second kappa shape index (κ2) is 8.30. The van der Waals surface area contributed by atoms with Crippen LogP contribution in [-0.4, -0.2) is 31.4 Å². The Morgan fingerprint density at radius 1 is 1.05 bits per heavy atom. The number of esters is 2. The minimum absolute atomic E-state index is 0.000650. The number of rotatable bonds is 6. The van der Waals surface area contributed by atoms with Gasteiger partial charge in [0, 0.05) is 5.92 Å². The van der Waals surface area contributed by atoms with E-state index in [1.807, 2.05) is 13.8 Å². The molecule has 2 fully saturated rings. The number of ether oxygens (including phenoxy) is 2. The predicted molar refractivity (Wildman–Crippen MR) is 82.0 cm³/mol. The van der Waals surface area contributed by atoms with Gasteiger partial charge < -0.3 is 14.3 Å². The summed E-state index contributed by atoms with van der Waals surface area (Å²) in [6.07, 6.45) is 4.43. The average Bonchev–Trinajstić information content (AvgIpc) is 2.42. The van der Waals surface area contributed by atoms with E-state index in [9.17, 15) is 14.4 Å². The second-order valence-electron chi connectivity index (χ2n) is 5.95. The molecule has 0 saturated heterocycles. The minimum atomic E-state index is -0.796. The molecule has 0 N–H and O–H groups in total. The highest BCUT2D eigenvalue weighted by atomic mass is 16.6. The molecule has 1 spiro atoms. The maximum atomic E-state index is 12.0. The Bertz CT molecular complexity index is 372. The molecule has 126 valence electrons. The highest BCUT2D eigenvalue weighted by molar-refractivity contribution is 5.95. The molecule has 0 bridgehead atoms. The molecule has 0 aromatic rings. The first kappa shape index (κ1) is 18.7. The summed E-state index contributed by atoms with van der Waals surface area (Å²) >= 11 is 0. The number of carbonyl (C=O) groups excluding carboxylic acids is 3. The number of aldehydes is 1. The van der Waals surface area contributed by atoms with Crippen LogP contribution in [0, 0.1) is 23.2 Å². The Kier molecular flexibility index (Phi) is 7.04. The third kappa shape index (κ3) is 3.87. The van der Waals surface area contributed by atoms with Gasteiger partial charge in [-0.05, 0) is 50.9 Å². The molecule has 0 atom stereocenters. The fourth-order valence-electron chi connectivity index (χ4n) is 3.72. The van der Waals surface area contributed by atoms with Crippen LogP contribution in [0.1, 0.15) is 53.4 Å². The van der Waals surface area contributed by atoms with Gasteiger partial charge in [-0.2, -0.15) is 0 Å². The summed E-state index contributed by atoms with van der Waals surface area (Å²) in [5.41, 5.74) is 0.188. The van der Waals surface area contributed by atoms with Gasteiger partial charge in [-0.3, -0.25) is 9.59 Å². The standard InChI is InChI=1S/C15H22O5.C2H6/c1-3-19-13(17)12(14(18)20-4-2)11-7-15(8-11)5-10(6-15)9-16;1-2/h9-12H,3-8H2,1-2H3;1-2H3. The third-order valence-electron chi connectivity index (χ3n) is 4.53. The van der Waals surface area contributed by atoms with Gasteiger partial charge in [0.2, 0.25) is 0 Å². The number of hydrogen-bond donors (Lipinski definition) is 0. The van der Waals surface area contributed by atoms with Gasteiger partial charge in [-0.1, -0.05) is 13.8 Å². The van der Waals surface area contributed by atoms with Crippen molar-refractivity contribution in [3.63, 3.8) is 0 Å². The lowest BCUT2D eigenvalue weighted by molar-refractivity contribution is -0.174. The summed E-state index contributed by atoms with van der Waals surface area (Å²) in [7, 11) is 0. The molecular formula is C17H28O5. The van der Waals surface area contributed by atoms with Crippen molar-refractivity contribution in [3.05, 3.63) is 0 Å². The fourth-order valence-corrected chi connectivity index (χ4v) is 3.72. The van der Waals surface area contributed by atoms with Gasteiger partial charge in [0.15, 0.2) is 5.92 Å². The first-order valence-corrected chi connectivity index (χ1v) is 8.33. The largest absolute Gasteiger partial charge is 0.465 e. The molecule has 5 nitrogen and oxygen atoms in total. The molecule has 0 aliphatic heterocycles. The quantitative estimate of drug-likeness (QED) is 0.428. The van der Waals surface area contributed by atoms with Crippen molar-refractivity contribution < 1.29 is 23.9 Å². The zero-order chi connectivity index (χ0) is 16.8. The summed E-state index contributed by atoms with van der Waals surface area (Å²) in [5, 5.41) is 0. The Labute approximate surface area is 132 Å². The van der Waals surface area contributed by atoms with E-state index in [2.05, 4.69) is 0 Å². The molecule has 0 aromatic heterocycles. The van der Waals surface area contributed by atoms with Gasteiger partial charge in [0.05, 0.1) is 13.2 Å². The van der Waals surface area contributed by atoms with Crippen molar-refractivity contribution in [2.75, 3.05) is 13.2 Å². The second-order valence-corrected chi connectivity index (χ2v) is 5.95. The van der Waals surface area contributed by atoms with Crippen molar-refractivity contribution in [2.24, 2.45) is 23.2 Å². The lowest BCUT2D eigenvalue weighted by Gasteiger charge is -2.57. The van der Waals surface area contributed by atoms with E-state index in [1.54, 1.807) is 13.8 Å². The van der Waals surface area contributed by atoms with Crippen molar-refractivity contribution in [1.29, 1.82) is 0 Å². The van der Waals surface area contributed by atoms with E-state index in [1.165, 1.54) is 0 Å². The lowest BCUT2D eigenvalue weighted by atomic mass is 9.46. The Morgan fingerprint density at radius 2 is 1.50 bits per heavy atom. The van der Waals surface area contributed by atoms with Crippen LogP contribution < -0.4 is 0 Å². The smallest absolute Gasteiger partial charge is 0.320 e. The average molecular weight is 312 g/mol. The Morgan fingerprint density at radius 3 is 1.86 bits per heavy atom. The van der Waals surface area contributed by atoms with Gasteiger partial charge >= 0.3 is 11.9 Å². The van der Waals surface area contributed by atoms with Crippen LogP contribution >= 0.6 is 0 Å². The third-order valence-corrected chi connectivity index (χ3v) is 4.53. The van der Waals surface area contributed by atoms with Crippen LogP contribution in [0.25, 0.3) is 0 Å². The highest BCUT2D eigenvalue weighted by Crippen LogP contribution is 2.62. The first-order chi connectivity index (χ1) is 10.5. The maximum absolute atomic E-state index is 12.0. The molecule has 0 amide bonds. The molecule has 2 rings (SSSR count). The van der Waals surface area contributed by atoms with Crippen LogP contribution in [0.4, 0.5) is 0 Å². The molecular weight excluding hydrogens is 284 g/mol. The van der Waals surface area contributed by atoms with E-state index in [-0.39, 0.29) is 30.5 Å². The SMILES string of the molecule is CC.CCOC(=O)C(C(=O)OCC)C1CC2(CC(C=O)C2)C1. The molecule has 5 heteroatoms. The van der Waals surface area contributed by atoms with E-state index in [0.29, 0.717) is 0 Å². The Balaban J connectivity index is 0.00000116. The predicted octanol–water partition coefficient (Wildman–Crippen LogP) is 2.76. The van der Waals surface area contributed by atoms with Crippen LogP contribution in [0.2, 0.25) is 0 Å². The van der Waals surface area contributed by atoms with E-state index >= 15 is 0 Å². The molecule has 0 unspecified atom stereocenters. The molecule has 0 radical (unpaired) electrons. The summed E-state index contributed by atoms with van der Waals surface area (Å²) in [5.74, 6) is -1.58. The molecule has 2 aliphatic carbocycles. The number of hydrogen-bond acceptors (Lipinski definition) is 5. The normalized spacial score (nSPS) is 28.8. The lowest BCUT2D eigenvalue weighted by Crippen LogP contribution is -2.52. The van der Waals surface area contributed by atoms with E-state index in [4.69, 9.17) is 9.47 Å². The van der Waals surface area contributed by atoms with E-state index < -0.39 is 17.9 Å². The fraction of sp³-hybridized carbons (Fsp3) is 0.824. The van der Waals surface area contributed by atoms with Crippen molar-refractivity contribution in [3.8, 4) is 0 Å². The minimum Gasteiger partial charge on any atom is -0.465 e. The molecule has 2 saturated carbocycles. The topological polar surface area (TPSA) is 69.7 Å². The highest BCUT2D eigenvalue weighted by Gasteiger charge is 2.57. The zero-order valence-electron chi connectivity index (χ0n) is 14.1. The molecule has 0 aromatic carbocycles. The van der Waals surface area contributed by atoms with Crippen LogP contribution in [0.3, 0.4) is 0 Å². The monoisotopic (exact) mass is 312 g/mol. The zero-order valence-corrected chi connectivity index (χ0v) is 14.1. The van der Waals surface area contributed by atoms with Crippen LogP contribution in [0.5, 0.6) is 0 Å². The van der Waals surface area contributed by atoms with Crippen molar-refractivity contribution in [1.82, 2.24) is 0 Å². The summed E-state index contributed by atoms with van der Waals surface area (Å²) in [6.45, 7) is 7.98. The van der Waals surface area contributed by atoms with Gasteiger partial charge in [0.1, 0.15) is 6.29 Å². The van der Waals surface area contributed by atoms with Gasteiger partial charge in [-0.25, -0.2) is 0 Å². The first-order valence-electron chi connectivity index (χ1n) is 8.33. The van der Waals surface area contributed by atoms with Crippen molar-refractivity contribution in [2.45, 2.75) is 53.4 Å². The molecule has 2 aliphatic rings. The summed E-state index contributed by atoms with van der Waals surface area (Å²) in [6, 6.07) is 0. The summed E-state index contributed by atoms with van der Waals surface area (Å²) in [4.78, 5) is 34.6. The van der Waals surface area contributed by atoms with Crippen LogP contribution in [0.15, 0.2) is 0 Å². The van der Waals surface area contributed by atoms with E-state index in [0.717, 1.165) is 32.0 Å². The Hall–Kier alpha value is -1.39. The van der Waals surface area contributed by atoms with Gasteiger partial charge in [-0.15, -0.1) is 0 Å². The maximum Gasteiger partial charge on any atom is 0.320 e. The van der Waals surface area contributed by atoms with Gasteiger partial charge in [0.25, 0.3) is 0 Å². The van der Waals surface area contributed by atoms with Crippen molar-refractivity contribution >= 4 is 18.2 Å². The summed E-state index contributed by atoms with van der Waals surface area (Å²) < 4.78 is 9.99. The molecule has 22 heavy (non-hydrogen) atoms. The van der Waals surface area contributed by atoms with Crippen LogP contribution in [-0.2, 0) is 23.9 Å². The molecule has 0 heterocycles. The number of carbonyl (C=O) groups is 3.